The zero-order valence-electron chi connectivity index (χ0n) is 30.9. The van der Waals surface area contributed by atoms with Crippen LogP contribution in [0.25, 0.3) is 16.8 Å². The molecule has 5 fully saturated rings. The smallest absolute Gasteiger partial charge is 0.306 e. The largest absolute Gasteiger partial charge is 0.472 e. The summed E-state index contributed by atoms with van der Waals surface area (Å²) in [7, 11) is -3.83. The van der Waals surface area contributed by atoms with Gasteiger partial charge in [-0.1, -0.05) is 56.0 Å². The van der Waals surface area contributed by atoms with Crippen LogP contribution in [0, 0.1) is 28.6 Å². The van der Waals surface area contributed by atoms with Gasteiger partial charge in [-0.25, -0.2) is 13.4 Å². The van der Waals surface area contributed by atoms with E-state index < -0.39 is 50.6 Å². The molecule has 288 valence electrons. The molecule has 0 unspecified atom stereocenters. The van der Waals surface area contributed by atoms with E-state index in [1.807, 2.05) is 24.3 Å². The molecule has 2 aliphatic heterocycles. The number of sulfonamides is 1. The number of aromatic nitrogens is 1. The van der Waals surface area contributed by atoms with E-state index in [9.17, 15) is 27.6 Å². The normalized spacial score (nSPS) is 30.8. The molecule has 6 aliphatic rings. The maximum atomic E-state index is 14.8. The molecule has 4 aliphatic carbocycles. The van der Waals surface area contributed by atoms with Crippen LogP contribution in [0.4, 0.5) is 0 Å². The summed E-state index contributed by atoms with van der Waals surface area (Å²) in [5.41, 5.74) is -0.425. The van der Waals surface area contributed by atoms with Gasteiger partial charge < -0.3 is 14.4 Å². The van der Waals surface area contributed by atoms with Crippen LogP contribution in [0.1, 0.15) is 102 Å². The number of Topliss-reactive ketones (excluding diaryl/α,β-unsaturated/α-hetero) is 1. The van der Waals surface area contributed by atoms with Crippen LogP contribution in [-0.4, -0.2) is 72.4 Å². The molecule has 12 heteroatoms. The van der Waals surface area contributed by atoms with Crippen LogP contribution in [0.2, 0.25) is 0 Å². The van der Waals surface area contributed by atoms with E-state index in [2.05, 4.69) is 28.4 Å². The molecular weight excluding hydrogens is 707 g/mol. The lowest BCUT2D eigenvalue weighted by molar-refractivity contribution is -0.154. The first-order chi connectivity index (χ1) is 26.0. The van der Waals surface area contributed by atoms with Gasteiger partial charge in [0.1, 0.15) is 6.10 Å². The van der Waals surface area contributed by atoms with Gasteiger partial charge in [0.25, 0.3) is 0 Å². The number of nitrogens with zero attached hydrogens (tertiary/aromatic N) is 2. The molecule has 54 heavy (non-hydrogen) atoms. The fraction of sp³-hybridized carbons (Fsp3) is 0.595. The number of hydrogen-bond donors (Lipinski definition) is 1. The number of hydrogen-bond acceptors (Lipinski definition) is 9. The van der Waals surface area contributed by atoms with E-state index in [4.69, 9.17) is 9.47 Å². The number of esters is 1. The Kier molecular flexibility index (Phi) is 9.94. The lowest BCUT2D eigenvalue weighted by Crippen LogP contribution is -2.47. The van der Waals surface area contributed by atoms with Crippen molar-refractivity contribution in [2.24, 2.45) is 28.6 Å². The summed E-state index contributed by atoms with van der Waals surface area (Å²) in [6, 6.07) is 7.10. The summed E-state index contributed by atoms with van der Waals surface area (Å²) >= 11 is 0. The van der Waals surface area contributed by atoms with Crippen LogP contribution in [0.3, 0.4) is 0 Å². The number of carbonyl (C=O) groups excluding carboxylic acids is 4. The number of amides is 2. The molecule has 1 saturated heterocycles. The van der Waals surface area contributed by atoms with Gasteiger partial charge in [-0.15, -0.1) is 6.58 Å². The van der Waals surface area contributed by atoms with E-state index in [1.54, 1.807) is 17.2 Å². The lowest BCUT2D eigenvalue weighted by Gasteiger charge is -2.32. The second kappa shape index (κ2) is 14.5. The molecule has 1 aromatic carbocycles. The molecule has 11 nitrogen and oxygen atoms in total. The Balaban J connectivity index is 1.13. The van der Waals surface area contributed by atoms with Crippen molar-refractivity contribution in [1.82, 2.24) is 14.6 Å². The van der Waals surface area contributed by atoms with E-state index >= 15 is 0 Å². The maximum Gasteiger partial charge on any atom is 0.306 e. The Hall–Kier alpha value is -4.06. The number of pyridine rings is 1. The summed E-state index contributed by atoms with van der Waals surface area (Å²) in [5, 5.41) is 1.18. The highest BCUT2D eigenvalue weighted by molar-refractivity contribution is 7.90. The third kappa shape index (κ3) is 7.34. The van der Waals surface area contributed by atoms with Crippen LogP contribution in [0.5, 0.6) is 5.88 Å². The Labute approximate surface area is 317 Å². The zero-order valence-corrected chi connectivity index (χ0v) is 31.7. The van der Waals surface area contributed by atoms with Crippen LogP contribution >= 0.6 is 0 Å². The van der Waals surface area contributed by atoms with Crippen LogP contribution in [0.15, 0.2) is 49.2 Å². The average Bonchev–Trinajstić information content (AvgIpc) is 3.93. The third-order valence-corrected chi connectivity index (χ3v) is 15.1. The first-order valence-electron chi connectivity index (χ1n) is 19.9. The monoisotopic (exact) mass is 757 g/mol. The summed E-state index contributed by atoms with van der Waals surface area (Å²) in [6.45, 7) is 4.26. The van der Waals surface area contributed by atoms with Crippen molar-refractivity contribution in [3.8, 4) is 5.88 Å². The number of allylic oxidation sites excluding steroid dienone is 2. The highest BCUT2D eigenvalue weighted by Gasteiger charge is 2.61. The quantitative estimate of drug-likeness (QED) is 0.251. The number of rotatable bonds is 8. The fourth-order valence-electron chi connectivity index (χ4n) is 9.73. The van der Waals surface area contributed by atoms with Gasteiger partial charge in [-0.2, -0.15) is 0 Å². The van der Waals surface area contributed by atoms with Crippen LogP contribution in [-0.2, 0) is 33.9 Å². The van der Waals surface area contributed by atoms with Gasteiger partial charge in [0.2, 0.25) is 27.7 Å². The molecule has 1 spiro atoms. The zero-order chi connectivity index (χ0) is 37.7. The molecule has 3 heterocycles. The van der Waals surface area contributed by atoms with Crippen molar-refractivity contribution in [3.05, 3.63) is 54.8 Å². The Morgan fingerprint density at radius 2 is 1.83 bits per heavy atom. The number of ketones is 1. The van der Waals surface area contributed by atoms with E-state index in [0.717, 1.165) is 74.1 Å². The van der Waals surface area contributed by atoms with E-state index in [0.29, 0.717) is 31.7 Å². The minimum atomic E-state index is -3.83. The molecule has 4 saturated carbocycles. The molecule has 0 radical (unpaired) electrons. The number of cyclic esters (lactones) is 1. The Bertz CT molecular complexity index is 1980. The third-order valence-electron chi connectivity index (χ3n) is 13.2. The van der Waals surface area contributed by atoms with Crippen molar-refractivity contribution < 1.29 is 37.1 Å². The SMILES string of the molecule is C=C[C@@H]1C[C@]1(CC(=O)[C@@H]1C[C@@H]2CN1C(=O)[C@H](C1CCCC1)CC(=O)OCC1(C/C=C/c3ccc4ccnc(c4c3)O2)CCCC1)C(=O)NS(=O)(=O)C1CC1. The van der Waals surface area contributed by atoms with Gasteiger partial charge in [-0.05, 0) is 86.3 Å². The average molecular weight is 758 g/mol. The van der Waals surface area contributed by atoms with E-state index in [-0.39, 0.29) is 54.7 Å². The van der Waals surface area contributed by atoms with Crippen molar-refractivity contribution in [2.75, 3.05) is 13.2 Å². The maximum absolute atomic E-state index is 14.8. The Morgan fingerprint density at radius 3 is 2.56 bits per heavy atom. The van der Waals surface area contributed by atoms with E-state index in [1.165, 1.54) is 0 Å². The molecule has 5 atom stereocenters. The van der Waals surface area contributed by atoms with Crippen molar-refractivity contribution in [1.29, 1.82) is 0 Å². The van der Waals surface area contributed by atoms with Gasteiger partial charge in [0, 0.05) is 29.8 Å². The highest BCUT2D eigenvalue weighted by Crippen LogP contribution is 2.57. The molecular formula is C42H51N3O8S. The highest BCUT2D eigenvalue weighted by atomic mass is 32.2. The number of benzene rings is 1. The predicted molar refractivity (Wildman–Crippen MR) is 202 cm³/mol. The standard InChI is InChI=1S/C42H51N3O8S/c1-2-30-23-42(30,40(49)44-54(50,51)32-13-14-32)24-36(46)35-21-31-25-45(35)39(48)34(28-9-3-4-10-28)22-37(47)52-26-41(16-5-6-17-41)18-7-8-27-11-12-29-15-19-43-38(53-31)33(29)20-27/h2,7-8,11-12,15,19-20,28,30-32,34-35H,1,3-6,9-10,13-14,16-18,21-26H2,(H,44,49)/b8-7+/t30-,31-,34+,35+,42-/m1/s1. The van der Waals surface area contributed by atoms with Crippen LogP contribution < -0.4 is 9.46 Å². The Morgan fingerprint density at radius 1 is 1.06 bits per heavy atom. The van der Waals surface area contributed by atoms with Gasteiger partial charge in [0.15, 0.2) is 5.78 Å². The molecule has 2 amide bonds. The summed E-state index contributed by atoms with van der Waals surface area (Å²) < 4.78 is 40.4. The molecule has 4 bridgehead atoms. The van der Waals surface area contributed by atoms with Gasteiger partial charge >= 0.3 is 5.97 Å². The topological polar surface area (TPSA) is 149 Å². The van der Waals surface area contributed by atoms with Gasteiger partial charge in [0.05, 0.1) is 42.2 Å². The summed E-state index contributed by atoms with van der Waals surface area (Å²) in [6.07, 6.45) is 16.5. The number of ether oxygens (including phenoxy) is 2. The lowest BCUT2D eigenvalue weighted by atomic mass is 9.83. The first kappa shape index (κ1) is 36.9. The fourth-order valence-corrected chi connectivity index (χ4v) is 11.1. The second-order valence-electron chi connectivity index (χ2n) is 16.9. The number of fused-ring (bicyclic) bond motifs is 3. The second-order valence-corrected chi connectivity index (χ2v) is 18.9. The van der Waals surface area contributed by atoms with Crippen molar-refractivity contribution >= 4 is 50.4 Å². The minimum Gasteiger partial charge on any atom is -0.472 e. The molecule has 1 aromatic heterocycles. The number of carbonyl (C=O) groups is 4. The predicted octanol–water partition coefficient (Wildman–Crippen LogP) is 6.06. The summed E-state index contributed by atoms with van der Waals surface area (Å²) in [4.78, 5) is 62.8. The molecule has 8 rings (SSSR count). The molecule has 1 N–H and O–H groups in total. The first-order valence-corrected chi connectivity index (χ1v) is 21.4. The van der Waals surface area contributed by atoms with Crippen molar-refractivity contribution in [3.63, 3.8) is 0 Å². The van der Waals surface area contributed by atoms with Crippen molar-refractivity contribution in [2.45, 2.75) is 114 Å². The number of nitrogens with one attached hydrogen (secondary N) is 1. The van der Waals surface area contributed by atoms with Gasteiger partial charge in [-0.3, -0.25) is 23.9 Å². The molecule has 2 aromatic rings. The summed E-state index contributed by atoms with van der Waals surface area (Å²) in [5.74, 6) is -2.34. The minimum absolute atomic E-state index is 0.0220.